The summed E-state index contributed by atoms with van der Waals surface area (Å²) >= 11 is 0. The SMILES string of the molecule is CCCCCCCCC(=O)O.O=C(O)CCCCC(=O)OCC(CO)(CO)CO.O=C(O)c1ccccc1. The second-order valence-corrected chi connectivity index (χ2v) is 8.82. The maximum Gasteiger partial charge on any atom is 0.335 e. The highest BCUT2D eigenvalue weighted by Crippen LogP contribution is 2.15. The van der Waals surface area contributed by atoms with Crippen molar-refractivity contribution in [2.24, 2.45) is 5.41 Å². The van der Waals surface area contributed by atoms with E-state index in [1.165, 1.54) is 25.7 Å². The number of aliphatic hydroxyl groups is 3. The van der Waals surface area contributed by atoms with E-state index in [-0.39, 0.29) is 19.4 Å². The second kappa shape index (κ2) is 24.3. The number of esters is 1. The van der Waals surface area contributed by atoms with Crippen LogP contribution in [0.4, 0.5) is 0 Å². The highest BCUT2D eigenvalue weighted by atomic mass is 16.5. The molecular weight excluding hydrogens is 500 g/mol. The summed E-state index contributed by atoms with van der Waals surface area (Å²) in [5.41, 5.74) is -0.894. The molecule has 0 bridgehead atoms. The standard InChI is InChI=1S/C11H20O7.C9H18O2.C7H6O2/c12-5-11(6-13,7-14)8-18-10(17)4-2-1-3-9(15)16;1-2-3-4-5-6-7-8-9(10)11;8-7(9)6-4-2-1-3-5-6/h12-14H,1-8H2,(H,15,16);2-8H2,1H3,(H,10,11);1-5H,(H,8,9). The highest BCUT2D eigenvalue weighted by molar-refractivity contribution is 5.87. The smallest absolute Gasteiger partial charge is 0.335 e. The molecule has 0 spiro atoms. The Hall–Kier alpha value is -3.02. The minimum Gasteiger partial charge on any atom is -0.481 e. The number of unbranched alkanes of at least 4 members (excludes halogenated alkanes) is 6. The van der Waals surface area contributed by atoms with Crippen LogP contribution in [0.5, 0.6) is 0 Å². The zero-order valence-corrected chi connectivity index (χ0v) is 22.2. The first-order valence-corrected chi connectivity index (χ1v) is 12.8. The van der Waals surface area contributed by atoms with E-state index in [0.29, 0.717) is 24.8 Å². The van der Waals surface area contributed by atoms with Crippen LogP contribution in [0, 0.1) is 5.41 Å². The van der Waals surface area contributed by atoms with Crippen LogP contribution >= 0.6 is 0 Å². The Bertz CT molecular complexity index is 753. The summed E-state index contributed by atoms with van der Waals surface area (Å²) in [7, 11) is 0. The summed E-state index contributed by atoms with van der Waals surface area (Å²) in [5, 5.41) is 52.1. The predicted octanol–water partition coefficient (Wildman–Crippen LogP) is 3.34. The van der Waals surface area contributed by atoms with Crippen molar-refractivity contribution in [2.45, 2.75) is 77.6 Å². The zero-order valence-electron chi connectivity index (χ0n) is 22.2. The molecule has 0 heterocycles. The van der Waals surface area contributed by atoms with Crippen molar-refractivity contribution in [3.05, 3.63) is 35.9 Å². The van der Waals surface area contributed by atoms with Crippen molar-refractivity contribution in [1.29, 1.82) is 0 Å². The van der Waals surface area contributed by atoms with Gasteiger partial charge in [-0.05, 0) is 31.4 Å². The van der Waals surface area contributed by atoms with E-state index in [1.54, 1.807) is 30.3 Å². The second-order valence-electron chi connectivity index (χ2n) is 8.82. The zero-order chi connectivity index (χ0) is 29.2. The largest absolute Gasteiger partial charge is 0.481 e. The Labute approximate surface area is 224 Å². The Morgan fingerprint density at radius 2 is 1.13 bits per heavy atom. The third kappa shape index (κ3) is 22.2. The van der Waals surface area contributed by atoms with Gasteiger partial charge in [0.2, 0.25) is 0 Å². The Balaban J connectivity index is 0. The summed E-state index contributed by atoms with van der Waals surface area (Å²) < 4.78 is 4.82. The fourth-order valence-electron chi connectivity index (χ4n) is 2.78. The lowest BCUT2D eigenvalue weighted by molar-refractivity contribution is -0.151. The fourth-order valence-corrected chi connectivity index (χ4v) is 2.78. The van der Waals surface area contributed by atoms with Gasteiger partial charge in [0.15, 0.2) is 0 Å². The van der Waals surface area contributed by atoms with Gasteiger partial charge in [-0.15, -0.1) is 0 Å². The molecule has 11 heteroatoms. The average molecular weight is 545 g/mol. The first kappa shape index (κ1) is 37.1. The molecule has 0 amide bonds. The molecule has 0 saturated heterocycles. The van der Waals surface area contributed by atoms with Gasteiger partial charge in [0, 0.05) is 19.3 Å². The van der Waals surface area contributed by atoms with Crippen molar-refractivity contribution in [2.75, 3.05) is 26.4 Å². The number of hydrogen-bond donors (Lipinski definition) is 6. The number of ether oxygens (including phenoxy) is 1. The lowest BCUT2D eigenvalue weighted by atomic mass is 9.93. The third-order valence-electron chi connectivity index (χ3n) is 5.33. The topological polar surface area (TPSA) is 199 Å². The van der Waals surface area contributed by atoms with Crippen molar-refractivity contribution < 1.29 is 54.6 Å². The first-order valence-electron chi connectivity index (χ1n) is 12.8. The summed E-state index contributed by atoms with van der Waals surface area (Å²) in [6, 6.07) is 8.30. The molecule has 0 aliphatic rings. The summed E-state index contributed by atoms with van der Waals surface area (Å²) in [6.07, 6.45) is 8.11. The summed E-state index contributed by atoms with van der Waals surface area (Å²) in [6.45, 7) is 0.427. The monoisotopic (exact) mass is 544 g/mol. The van der Waals surface area contributed by atoms with Crippen LogP contribution < -0.4 is 0 Å². The van der Waals surface area contributed by atoms with E-state index in [4.69, 9.17) is 35.4 Å². The molecule has 1 rings (SSSR count). The summed E-state index contributed by atoms with van der Waals surface area (Å²) in [5.74, 6) is -3.00. The number of aliphatic carboxylic acids is 2. The number of carboxylic acid groups (broad SMARTS) is 3. The van der Waals surface area contributed by atoms with Gasteiger partial charge in [-0.3, -0.25) is 14.4 Å². The molecule has 1 aromatic rings. The van der Waals surface area contributed by atoms with Crippen LogP contribution in [-0.2, 0) is 19.1 Å². The molecule has 0 aliphatic heterocycles. The lowest BCUT2D eigenvalue weighted by Crippen LogP contribution is -2.39. The summed E-state index contributed by atoms with van der Waals surface area (Å²) in [4.78, 5) is 41.8. The molecule has 11 nitrogen and oxygen atoms in total. The predicted molar refractivity (Wildman–Crippen MR) is 140 cm³/mol. The molecule has 6 N–H and O–H groups in total. The van der Waals surface area contributed by atoms with E-state index in [9.17, 15) is 19.2 Å². The number of carbonyl (C=O) groups is 4. The Morgan fingerprint density at radius 1 is 0.684 bits per heavy atom. The normalized spacial score (nSPS) is 10.3. The van der Waals surface area contributed by atoms with E-state index < -0.39 is 49.1 Å². The van der Waals surface area contributed by atoms with Crippen LogP contribution in [0.25, 0.3) is 0 Å². The molecular formula is C27H44O11. The molecule has 218 valence electrons. The number of hydrogen-bond acceptors (Lipinski definition) is 8. The van der Waals surface area contributed by atoms with Gasteiger partial charge >= 0.3 is 23.9 Å². The molecule has 1 aromatic carbocycles. The molecule has 0 unspecified atom stereocenters. The van der Waals surface area contributed by atoms with Gasteiger partial charge in [-0.1, -0.05) is 57.2 Å². The van der Waals surface area contributed by atoms with E-state index in [1.807, 2.05) is 0 Å². The number of rotatable bonds is 18. The Morgan fingerprint density at radius 3 is 1.55 bits per heavy atom. The van der Waals surface area contributed by atoms with Gasteiger partial charge in [0.25, 0.3) is 0 Å². The van der Waals surface area contributed by atoms with Crippen LogP contribution in [0.2, 0.25) is 0 Å². The number of aromatic carboxylic acids is 1. The van der Waals surface area contributed by atoms with Gasteiger partial charge in [-0.2, -0.15) is 0 Å². The molecule has 0 atom stereocenters. The number of carbonyl (C=O) groups excluding carboxylic acids is 1. The third-order valence-corrected chi connectivity index (χ3v) is 5.33. The minimum atomic E-state index is -1.23. The number of carboxylic acids is 3. The number of aliphatic hydroxyl groups excluding tert-OH is 3. The quantitative estimate of drug-likeness (QED) is 0.117. The van der Waals surface area contributed by atoms with Crippen molar-refractivity contribution in [1.82, 2.24) is 0 Å². The minimum absolute atomic E-state index is 0.00113. The molecule has 0 aromatic heterocycles. The van der Waals surface area contributed by atoms with Crippen LogP contribution in [0.15, 0.2) is 30.3 Å². The van der Waals surface area contributed by atoms with Gasteiger partial charge in [0.05, 0.1) is 30.8 Å². The van der Waals surface area contributed by atoms with Gasteiger partial charge in [0.1, 0.15) is 6.61 Å². The molecule has 0 fully saturated rings. The van der Waals surface area contributed by atoms with Crippen LogP contribution in [0.3, 0.4) is 0 Å². The van der Waals surface area contributed by atoms with E-state index in [2.05, 4.69) is 6.92 Å². The Kier molecular flexibility index (Phi) is 23.8. The van der Waals surface area contributed by atoms with Crippen LogP contribution in [-0.4, -0.2) is 80.9 Å². The van der Waals surface area contributed by atoms with E-state index >= 15 is 0 Å². The molecule has 0 aliphatic carbocycles. The van der Waals surface area contributed by atoms with Gasteiger partial charge < -0.3 is 35.4 Å². The van der Waals surface area contributed by atoms with Crippen molar-refractivity contribution >= 4 is 23.9 Å². The average Bonchev–Trinajstić information content (AvgIpc) is 2.91. The van der Waals surface area contributed by atoms with Crippen LogP contribution in [0.1, 0.15) is 87.9 Å². The number of benzene rings is 1. The van der Waals surface area contributed by atoms with Crippen molar-refractivity contribution in [3.8, 4) is 0 Å². The van der Waals surface area contributed by atoms with Crippen molar-refractivity contribution in [3.63, 3.8) is 0 Å². The van der Waals surface area contributed by atoms with E-state index in [0.717, 1.165) is 12.8 Å². The first-order chi connectivity index (χ1) is 18.1. The molecule has 0 radical (unpaired) electrons. The van der Waals surface area contributed by atoms with Gasteiger partial charge in [-0.25, -0.2) is 4.79 Å². The molecule has 0 saturated carbocycles. The fraction of sp³-hybridized carbons (Fsp3) is 0.630. The maximum absolute atomic E-state index is 11.3. The lowest BCUT2D eigenvalue weighted by Gasteiger charge is -2.26. The maximum atomic E-state index is 11.3. The highest BCUT2D eigenvalue weighted by Gasteiger charge is 2.30. The molecule has 38 heavy (non-hydrogen) atoms.